The van der Waals surface area contributed by atoms with Crippen molar-refractivity contribution in [3.05, 3.63) is 45.3 Å². The van der Waals surface area contributed by atoms with Crippen molar-refractivity contribution < 1.29 is 57.8 Å². The summed E-state index contributed by atoms with van der Waals surface area (Å²) in [6, 6.07) is 8.80. The lowest BCUT2D eigenvalue weighted by Gasteiger charge is -2.48. The predicted octanol–water partition coefficient (Wildman–Crippen LogP) is 5.04. The number of nitrogens with zero attached hydrogens (tertiary/aromatic N) is 5. The van der Waals surface area contributed by atoms with Crippen LogP contribution >= 0.6 is 11.3 Å². The number of nitrogen functional groups attached to an aromatic ring is 1. The molecule has 0 amide bonds. The van der Waals surface area contributed by atoms with Crippen LogP contribution in [0.5, 0.6) is 0 Å². The highest BCUT2D eigenvalue weighted by Gasteiger charge is 2.54. The number of rotatable bonds is 10. The molecule has 3 aliphatic heterocycles. The average molecular weight is 917 g/mol. The van der Waals surface area contributed by atoms with Crippen molar-refractivity contribution in [3.63, 3.8) is 0 Å². The number of thiophene rings is 1. The Morgan fingerprint density at radius 2 is 1.83 bits per heavy atom. The van der Waals surface area contributed by atoms with Gasteiger partial charge < -0.3 is 49.0 Å². The lowest BCUT2D eigenvalue weighted by molar-refractivity contribution is -0.485. The van der Waals surface area contributed by atoms with Crippen LogP contribution in [0, 0.1) is 33.8 Å². The summed E-state index contributed by atoms with van der Waals surface area (Å²) in [5, 5.41) is 32.2. The van der Waals surface area contributed by atoms with E-state index in [2.05, 4.69) is 15.2 Å². The van der Waals surface area contributed by atoms with Crippen molar-refractivity contribution in [2.75, 3.05) is 33.0 Å². The molecule has 2 bridgehead atoms. The molecule has 2 aromatic heterocycles. The minimum Gasteiger partial charge on any atom is -0.459 e. The van der Waals surface area contributed by atoms with Crippen LogP contribution in [0.4, 0.5) is 5.82 Å². The average Bonchev–Trinajstić information content (AvgIpc) is 3.70. The van der Waals surface area contributed by atoms with Crippen LogP contribution in [-0.4, -0.2) is 131 Å². The molecule has 0 aromatic carbocycles. The SMILES string of the molecule is CC[C@H]1OC(=O)[C@H](C)C(=O)[C@H](C)[C@@H](O[C@@H]2O[C@H](C)C[C@H](N(C)C)[C@H]2OC(C)=O)[C@@]2(C)C[C@@H](C)/C(=N\[N+](=O)[O-])[C@H](C)[C@H](OC/C(=N\OCc3ccc(-c4cccc(N)n4)s3)CO2)[C@]1(C)O. The monoisotopic (exact) mass is 916 g/mol. The molecule has 5 heterocycles. The maximum Gasteiger partial charge on any atom is 0.316 e. The van der Waals surface area contributed by atoms with Crippen LogP contribution in [0.2, 0.25) is 0 Å². The highest BCUT2D eigenvalue weighted by atomic mass is 32.1. The number of pyridine rings is 1. The largest absolute Gasteiger partial charge is 0.459 e. The molecule has 3 aliphatic rings. The molecule has 2 aromatic rings. The zero-order chi connectivity index (χ0) is 47.3. The summed E-state index contributed by atoms with van der Waals surface area (Å²) in [6.45, 7) is 13.8. The second kappa shape index (κ2) is 21.2. The molecule has 0 aliphatic carbocycles. The number of anilines is 1. The lowest BCUT2D eigenvalue weighted by atomic mass is 9.74. The fourth-order valence-corrected chi connectivity index (χ4v) is 10.1. The molecule has 3 saturated heterocycles. The molecule has 13 atom stereocenters. The Morgan fingerprint density at radius 1 is 1.11 bits per heavy atom. The first-order valence-electron chi connectivity index (χ1n) is 21.6. The molecule has 19 nitrogen and oxygen atoms in total. The highest BCUT2D eigenvalue weighted by molar-refractivity contribution is 7.15. The summed E-state index contributed by atoms with van der Waals surface area (Å²) < 4.78 is 38.5. The van der Waals surface area contributed by atoms with E-state index < -0.39 is 88.3 Å². The lowest BCUT2D eigenvalue weighted by Crippen LogP contribution is -2.60. The maximum absolute atomic E-state index is 14.6. The second-order valence-electron chi connectivity index (χ2n) is 17.8. The van der Waals surface area contributed by atoms with Crippen LogP contribution in [0.3, 0.4) is 0 Å². The number of aliphatic hydroxyl groups is 1. The van der Waals surface area contributed by atoms with Gasteiger partial charge in [-0.15, -0.1) is 11.3 Å². The highest BCUT2D eigenvalue weighted by Crippen LogP contribution is 2.40. The Morgan fingerprint density at radius 3 is 2.47 bits per heavy atom. The van der Waals surface area contributed by atoms with E-state index in [1.54, 1.807) is 40.7 Å². The molecule has 0 saturated carbocycles. The predicted molar refractivity (Wildman–Crippen MR) is 237 cm³/mol. The molecule has 3 fully saturated rings. The summed E-state index contributed by atoms with van der Waals surface area (Å²) in [5.74, 6) is -5.87. The summed E-state index contributed by atoms with van der Waals surface area (Å²) in [4.78, 5) is 67.4. The summed E-state index contributed by atoms with van der Waals surface area (Å²) >= 11 is 1.44. The molecule has 64 heavy (non-hydrogen) atoms. The number of likely N-dealkylation sites (N-methyl/N-ethyl adjacent to an activating group) is 1. The summed E-state index contributed by atoms with van der Waals surface area (Å²) in [6.07, 6.45) is -5.83. The van der Waals surface area contributed by atoms with Gasteiger partial charge in [-0.05, 0) is 85.3 Å². The van der Waals surface area contributed by atoms with E-state index in [0.29, 0.717) is 17.9 Å². The molecule has 20 heteroatoms. The van der Waals surface area contributed by atoms with Crippen LogP contribution in [0.1, 0.15) is 86.5 Å². The van der Waals surface area contributed by atoms with E-state index in [1.165, 1.54) is 32.1 Å². The van der Waals surface area contributed by atoms with Crippen molar-refractivity contribution in [2.24, 2.45) is 33.9 Å². The third-order valence-corrected chi connectivity index (χ3v) is 13.5. The Kier molecular flexibility index (Phi) is 16.8. The molecule has 0 unspecified atom stereocenters. The van der Waals surface area contributed by atoms with Crippen molar-refractivity contribution >= 4 is 46.3 Å². The van der Waals surface area contributed by atoms with Crippen molar-refractivity contribution in [2.45, 2.75) is 142 Å². The number of esters is 2. The molecular formula is C44H64N6O13S. The van der Waals surface area contributed by atoms with Gasteiger partial charge in [0.05, 0.1) is 64.6 Å². The van der Waals surface area contributed by atoms with Gasteiger partial charge in [0.25, 0.3) is 0 Å². The zero-order valence-electron chi connectivity index (χ0n) is 38.5. The number of cyclic esters (lactones) is 1. The van der Waals surface area contributed by atoms with E-state index in [4.69, 9.17) is 39.0 Å². The normalized spacial score (nSPS) is 35.9. The van der Waals surface area contributed by atoms with Gasteiger partial charge in [-0.25, -0.2) is 15.1 Å². The van der Waals surface area contributed by atoms with Crippen molar-refractivity contribution in [3.8, 4) is 10.6 Å². The number of carbonyl (C=O) groups is 3. The van der Waals surface area contributed by atoms with Crippen LogP contribution in [0.25, 0.3) is 10.6 Å². The minimum atomic E-state index is -1.98. The van der Waals surface area contributed by atoms with Gasteiger partial charge in [0.15, 0.2) is 29.8 Å². The van der Waals surface area contributed by atoms with Gasteiger partial charge in [0.1, 0.15) is 29.2 Å². The fourth-order valence-electron chi connectivity index (χ4n) is 9.17. The first kappa shape index (κ1) is 50.6. The Bertz CT molecular complexity index is 2040. The molecule has 5 rings (SSSR count). The van der Waals surface area contributed by atoms with Crippen molar-refractivity contribution in [1.82, 2.24) is 9.88 Å². The third kappa shape index (κ3) is 11.9. The van der Waals surface area contributed by atoms with Gasteiger partial charge in [0, 0.05) is 29.6 Å². The van der Waals surface area contributed by atoms with E-state index >= 15 is 0 Å². The van der Waals surface area contributed by atoms with E-state index in [1.807, 2.05) is 50.2 Å². The molecule has 3 N–H and O–H groups in total. The smallest absolute Gasteiger partial charge is 0.316 e. The first-order valence-corrected chi connectivity index (χ1v) is 22.5. The van der Waals surface area contributed by atoms with Gasteiger partial charge in [-0.2, -0.15) is 0 Å². The quantitative estimate of drug-likeness (QED) is 0.137. The van der Waals surface area contributed by atoms with E-state index in [0.717, 1.165) is 9.75 Å². The number of nitro groups is 1. The number of Topliss-reactive ketones (excluding diaryl/α,β-unsaturated/α-hetero) is 1. The number of ketones is 1. The number of nitrogens with two attached hydrogens (primary N) is 1. The zero-order valence-corrected chi connectivity index (χ0v) is 39.4. The fraction of sp³-hybridized carbons (Fsp3) is 0.682. The Hall–Kier alpha value is -4.44. The van der Waals surface area contributed by atoms with Crippen LogP contribution < -0.4 is 5.73 Å². The molecule has 0 spiro atoms. The van der Waals surface area contributed by atoms with E-state index in [-0.39, 0.29) is 56.2 Å². The number of hydrazone groups is 1. The number of aromatic nitrogens is 1. The standard InChI is InChI=1S/C44H64N6O13S/c1-12-34-44(9,54)40-25(4)36(47-50(55)56)23(2)19-43(8,58-21-29(20-57-40)48-59-22-30-16-17-33(64-30)31-14-13-15-35(45)46-31)39(26(5)37(52)27(6)41(53)62-34)63-42-38(61-28(7)51)32(49(10)11)18-24(3)60-42/h13-17,23-27,32,34,38-40,42,54H,12,18-22H2,1-11H3,(H2,45,46)/b47-36+,48-29+/t23-,24-,25+,26+,27-,32+,34-,38-,39-,40+,42+,43-,44-/m1/s1. The number of carbonyl (C=O) groups excluding carboxylic acids is 3. The van der Waals surface area contributed by atoms with Gasteiger partial charge in [-0.1, -0.05) is 38.9 Å². The summed E-state index contributed by atoms with van der Waals surface area (Å²) in [7, 11) is 3.69. The number of ether oxygens (including phenoxy) is 6. The minimum absolute atomic E-state index is 0.0427. The van der Waals surface area contributed by atoms with Crippen LogP contribution in [-0.2, 0) is 54.2 Å². The van der Waals surface area contributed by atoms with Gasteiger partial charge in [-0.3, -0.25) is 14.4 Å². The molecule has 0 radical (unpaired) electrons. The number of hydrogen-bond acceptors (Lipinski definition) is 18. The Labute approximate surface area is 378 Å². The maximum atomic E-state index is 14.6. The molecule has 354 valence electrons. The second-order valence-corrected chi connectivity index (χ2v) is 19.0. The summed E-state index contributed by atoms with van der Waals surface area (Å²) in [5.41, 5.74) is 3.34. The number of oxime groups is 1. The molecular weight excluding hydrogens is 853 g/mol. The number of fused-ring (bicyclic) bond motifs is 5. The van der Waals surface area contributed by atoms with Crippen molar-refractivity contribution in [1.29, 1.82) is 0 Å². The van der Waals surface area contributed by atoms with Gasteiger partial charge in [0.2, 0.25) is 0 Å². The van der Waals surface area contributed by atoms with E-state index in [9.17, 15) is 29.6 Å². The Balaban J connectivity index is 1.66. The number of hydrogen-bond donors (Lipinski definition) is 2. The topological polar surface area (TPSA) is 246 Å². The van der Waals surface area contributed by atoms with Gasteiger partial charge >= 0.3 is 11.9 Å². The van der Waals surface area contributed by atoms with Crippen LogP contribution in [0.15, 0.2) is 40.6 Å². The first-order chi connectivity index (χ1) is 30.1. The third-order valence-electron chi connectivity index (χ3n) is 12.4.